The molecule has 2 saturated heterocycles. The van der Waals surface area contributed by atoms with Crippen molar-refractivity contribution in [3.63, 3.8) is 0 Å². The molecule has 5 nitrogen and oxygen atoms in total. The van der Waals surface area contributed by atoms with E-state index < -0.39 is 0 Å². The smallest absolute Gasteiger partial charge is 0.319 e. The van der Waals surface area contributed by atoms with E-state index in [1.807, 2.05) is 0 Å². The molecule has 5 heteroatoms. The molecule has 2 aliphatic heterocycles. The summed E-state index contributed by atoms with van der Waals surface area (Å²) in [6.07, 6.45) is 3.37. The van der Waals surface area contributed by atoms with Crippen LogP contribution in [0.15, 0.2) is 0 Å². The summed E-state index contributed by atoms with van der Waals surface area (Å²) < 4.78 is 4.70. The minimum atomic E-state index is -0.133. The number of nitrogens with two attached hydrogens (primary N) is 1. The Balaban J connectivity index is 1.75. The molecular formula is C12H23N3O2. The van der Waals surface area contributed by atoms with Crippen LogP contribution >= 0.6 is 0 Å². The van der Waals surface area contributed by atoms with Gasteiger partial charge in [-0.3, -0.25) is 14.6 Å². The van der Waals surface area contributed by atoms with Gasteiger partial charge in [-0.05, 0) is 32.4 Å². The van der Waals surface area contributed by atoms with Gasteiger partial charge in [0, 0.05) is 25.2 Å². The van der Waals surface area contributed by atoms with Crippen molar-refractivity contribution in [2.45, 2.75) is 31.3 Å². The second-order valence-corrected chi connectivity index (χ2v) is 5.13. The molecule has 17 heavy (non-hydrogen) atoms. The molecule has 0 aromatic heterocycles. The van der Waals surface area contributed by atoms with Crippen molar-refractivity contribution < 1.29 is 9.53 Å². The minimum Gasteiger partial charge on any atom is -0.468 e. The summed E-state index contributed by atoms with van der Waals surface area (Å²) in [7, 11) is 1.45. The standard InChI is InChI=1S/C12H23N3O2/c1-17-12(16)9-14-5-4-11(8-14)15-6-2-10(13)3-7-15/h10-11H,2-9,13H2,1H3. The van der Waals surface area contributed by atoms with Crippen LogP contribution in [0.3, 0.4) is 0 Å². The van der Waals surface area contributed by atoms with Crippen LogP contribution in [0.5, 0.6) is 0 Å². The molecule has 0 aliphatic carbocycles. The van der Waals surface area contributed by atoms with Crippen LogP contribution in [-0.4, -0.2) is 67.7 Å². The molecule has 2 fully saturated rings. The quantitative estimate of drug-likeness (QED) is 0.685. The molecule has 2 rings (SSSR count). The highest BCUT2D eigenvalue weighted by molar-refractivity contribution is 5.71. The van der Waals surface area contributed by atoms with Crippen LogP contribution in [-0.2, 0) is 9.53 Å². The summed E-state index contributed by atoms with van der Waals surface area (Å²) >= 11 is 0. The molecule has 0 saturated carbocycles. The predicted octanol–water partition coefficient (Wildman–Crippen LogP) is -0.343. The monoisotopic (exact) mass is 241 g/mol. The number of carbonyl (C=O) groups is 1. The number of nitrogens with zero attached hydrogens (tertiary/aromatic N) is 2. The van der Waals surface area contributed by atoms with Gasteiger partial charge in [0.25, 0.3) is 0 Å². The number of likely N-dealkylation sites (tertiary alicyclic amines) is 2. The summed E-state index contributed by atoms with van der Waals surface area (Å²) in [5.74, 6) is -0.133. The zero-order chi connectivity index (χ0) is 12.3. The molecule has 0 aromatic carbocycles. The SMILES string of the molecule is COC(=O)CN1CCC(N2CCC(N)CC2)C1. The number of hydrogen-bond donors (Lipinski definition) is 1. The third-order valence-electron chi connectivity index (χ3n) is 3.92. The van der Waals surface area contributed by atoms with E-state index in [2.05, 4.69) is 9.80 Å². The Morgan fingerprint density at radius 3 is 2.65 bits per heavy atom. The topological polar surface area (TPSA) is 58.8 Å². The van der Waals surface area contributed by atoms with Crippen molar-refractivity contribution in [1.82, 2.24) is 9.80 Å². The summed E-state index contributed by atoms with van der Waals surface area (Å²) in [4.78, 5) is 15.9. The van der Waals surface area contributed by atoms with Crippen LogP contribution in [0.4, 0.5) is 0 Å². The Morgan fingerprint density at radius 2 is 2.00 bits per heavy atom. The van der Waals surface area contributed by atoms with Gasteiger partial charge in [-0.2, -0.15) is 0 Å². The molecule has 2 N–H and O–H groups in total. The zero-order valence-corrected chi connectivity index (χ0v) is 10.6. The molecule has 98 valence electrons. The van der Waals surface area contributed by atoms with Gasteiger partial charge in [-0.25, -0.2) is 0 Å². The Bertz CT molecular complexity index is 264. The number of hydrogen-bond acceptors (Lipinski definition) is 5. The number of esters is 1. The fourth-order valence-corrected chi connectivity index (χ4v) is 2.79. The molecule has 0 bridgehead atoms. The van der Waals surface area contributed by atoms with Gasteiger partial charge < -0.3 is 10.5 Å². The van der Waals surface area contributed by atoms with Crippen molar-refractivity contribution in [3.8, 4) is 0 Å². The Labute approximate surface area is 103 Å². The van der Waals surface area contributed by atoms with Gasteiger partial charge in [0.2, 0.25) is 0 Å². The third kappa shape index (κ3) is 3.40. The van der Waals surface area contributed by atoms with Crippen LogP contribution in [0.1, 0.15) is 19.3 Å². The van der Waals surface area contributed by atoms with E-state index in [0.717, 1.165) is 45.4 Å². The van der Waals surface area contributed by atoms with Crippen molar-refractivity contribution in [3.05, 3.63) is 0 Å². The maximum atomic E-state index is 11.2. The molecule has 0 spiro atoms. The highest BCUT2D eigenvalue weighted by Crippen LogP contribution is 2.19. The second-order valence-electron chi connectivity index (χ2n) is 5.13. The number of piperidine rings is 1. The Kier molecular flexibility index (Phi) is 4.36. The Hall–Kier alpha value is -0.650. The average Bonchev–Trinajstić information content (AvgIpc) is 2.78. The van der Waals surface area contributed by atoms with E-state index >= 15 is 0 Å². The summed E-state index contributed by atoms with van der Waals surface area (Å²) in [6.45, 7) is 4.64. The summed E-state index contributed by atoms with van der Waals surface area (Å²) in [5.41, 5.74) is 5.91. The van der Waals surface area contributed by atoms with E-state index in [-0.39, 0.29) is 5.97 Å². The first-order chi connectivity index (χ1) is 8.19. The second kappa shape index (κ2) is 5.80. The van der Waals surface area contributed by atoms with Crippen molar-refractivity contribution in [1.29, 1.82) is 0 Å². The molecular weight excluding hydrogens is 218 g/mol. The zero-order valence-electron chi connectivity index (χ0n) is 10.6. The lowest BCUT2D eigenvalue weighted by Gasteiger charge is -2.34. The first-order valence-corrected chi connectivity index (χ1v) is 6.48. The highest BCUT2D eigenvalue weighted by Gasteiger charge is 2.30. The third-order valence-corrected chi connectivity index (χ3v) is 3.92. The molecule has 0 radical (unpaired) electrons. The predicted molar refractivity (Wildman–Crippen MR) is 65.6 cm³/mol. The maximum Gasteiger partial charge on any atom is 0.319 e. The lowest BCUT2D eigenvalue weighted by atomic mass is 10.0. The van der Waals surface area contributed by atoms with Gasteiger partial charge in [-0.15, -0.1) is 0 Å². The number of rotatable bonds is 3. The number of ether oxygens (including phenoxy) is 1. The van der Waals surface area contributed by atoms with Crippen LogP contribution in [0.2, 0.25) is 0 Å². The average molecular weight is 241 g/mol. The van der Waals surface area contributed by atoms with Crippen LogP contribution in [0.25, 0.3) is 0 Å². The van der Waals surface area contributed by atoms with Gasteiger partial charge in [0.15, 0.2) is 0 Å². The molecule has 2 aliphatic rings. The van der Waals surface area contributed by atoms with Crippen molar-refractivity contribution in [2.24, 2.45) is 5.73 Å². The lowest BCUT2D eigenvalue weighted by Crippen LogP contribution is -2.46. The molecule has 1 unspecified atom stereocenters. The largest absolute Gasteiger partial charge is 0.468 e. The van der Waals surface area contributed by atoms with E-state index in [4.69, 9.17) is 10.5 Å². The molecule has 0 aromatic rings. The van der Waals surface area contributed by atoms with Gasteiger partial charge >= 0.3 is 5.97 Å². The molecule has 0 amide bonds. The molecule has 1 atom stereocenters. The first kappa shape index (κ1) is 12.8. The van der Waals surface area contributed by atoms with Crippen LogP contribution < -0.4 is 5.73 Å². The fourth-order valence-electron chi connectivity index (χ4n) is 2.79. The van der Waals surface area contributed by atoms with E-state index in [1.165, 1.54) is 7.11 Å². The van der Waals surface area contributed by atoms with Gasteiger partial charge in [-0.1, -0.05) is 0 Å². The van der Waals surface area contributed by atoms with Crippen molar-refractivity contribution in [2.75, 3.05) is 39.8 Å². The van der Waals surface area contributed by atoms with Gasteiger partial charge in [0.1, 0.15) is 0 Å². The fraction of sp³-hybridized carbons (Fsp3) is 0.917. The molecule has 2 heterocycles. The minimum absolute atomic E-state index is 0.133. The van der Waals surface area contributed by atoms with Crippen molar-refractivity contribution >= 4 is 5.97 Å². The normalized spacial score (nSPS) is 28.5. The highest BCUT2D eigenvalue weighted by atomic mass is 16.5. The van der Waals surface area contributed by atoms with E-state index in [0.29, 0.717) is 18.6 Å². The maximum absolute atomic E-state index is 11.2. The first-order valence-electron chi connectivity index (χ1n) is 6.48. The van der Waals surface area contributed by atoms with E-state index in [9.17, 15) is 4.79 Å². The summed E-state index contributed by atoms with van der Waals surface area (Å²) in [5, 5.41) is 0. The number of methoxy groups -OCH3 is 1. The number of carbonyl (C=O) groups excluding carboxylic acids is 1. The van der Waals surface area contributed by atoms with Crippen LogP contribution in [0, 0.1) is 0 Å². The lowest BCUT2D eigenvalue weighted by molar-refractivity contribution is -0.141. The Morgan fingerprint density at radius 1 is 1.29 bits per heavy atom. The van der Waals surface area contributed by atoms with Gasteiger partial charge in [0.05, 0.1) is 13.7 Å². The van der Waals surface area contributed by atoms with E-state index in [1.54, 1.807) is 0 Å². The summed E-state index contributed by atoms with van der Waals surface area (Å²) in [6, 6.07) is 0.992.